The number of methoxy groups -OCH3 is 1. The van der Waals surface area contributed by atoms with Crippen LogP contribution in [0.1, 0.15) is 59.3 Å². The predicted octanol–water partition coefficient (Wildman–Crippen LogP) is 3.36. The van der Waals surface area contributed by atoms with Gasteiger partial charge in [0, 0.05) is 24.6 Å². The van der Waals surface area contributed by atoms with Gasteiger partial charge in [-0.25, -0.2) is 4.98 Å². The average Bonchev–Trinajstić information content (AvgIpc) is 3.69. The van der Waals surface area contributed by atoms with Crippen LogP contribution < -0.4 is 20.9 Å². The summed E-state index contributed by atoms with van der Waals surface area (Å²) < 4.78 is 7.12. The second kappa shape index (κ2) is 7.81. The van der Waals surface area contributed by atoms with E-state index in [4.69, 9.17) is 21.9 Å². The lowest BCUT2D eigenvalue weighted by atomic mass is 10.1. The monoisotopic (exact) mass is 436 g/mol. The summed E-state index contributed by atoms with van der Waals surface area (Å²) in [6.45, 7) is 0. The molecule has 3 aromatic rings. The van der Waals surface area contributed by atoms with E-state index in [2.05, 4.69) is 21.3 Å². The summed E-state index contributed by atoms with van der Waals surface area (Å²) >= 11 is 5.35. The van der Waals surface area contributed by atoms with Crippen LogP contribution in [0, 0.1) is 0 Å². The van der Waals surface area contributed by atoms with E-state index in [0.29, 0.717) is 28.8 Å². The molecule has 0 radical (unpaired) electrons. The first-order chi connectivity index (χ1) is 15.0. The summed E-state index contributed by atoms with van der Waals surface area (Å²) in [6.07, 6.45) is 4.42. The number of hydrogen-bond donors (Lipinski definition) is 3. The van der Waals surface area contributed by atoms with E-state index in [9.17, 15) is 4.79 Å². The van der Waals surface area contributed by atoms with Gasteiger partial charge in [0.1, 0.15) is 5.75 Å². The molecule has 2 saturated carbocycles. The fourth-order valence-corrected chi connectivity index (χ4v) is 3.95. The fraction of sp³-hybridized carbons (Fsp3) is 0.364. The highest BCUT2D eigenvalue weighted by Crippen LogP contribution is 2.45. The van der Waals surface area contributed by atoms with Gasteiger partial charge >= 0.3 is 0 Å². The molecule has 0 spiro atoms. The molecule has 2 aromatic heterocycles. The molecule has 0 atom stereocenters. The van der Waals surface area contributed by atoms with Crippen molar-refractivity contribution in [2.75, 3.05) is 12.4 Å². The van der Waals surface area contributed by atoms with Crippen molar-refractivity contribution in [3.63, 3.8) is 0 Å². The number of carbonyl (C=O) groups excluding carboxylic acids is 1. The van der Waals surface area contributed by atoms with E-state index in [1.54, 1.807) is 11.8 Å². The SMILES string of the molecule is COc1ccccc1NC(=S)NNC(=O)c1cc(C2CC2)nc2c1c(C1CC1)nn2C. The number of ether oxygens (including phenoxy) is 1. The first kappa shape index (κ1) is 19.7. The Kier molecular flexibility index (Phi) is 4.97. The van der Waals surface area contributed by atoms with Gasteiger partial charge in [0.25, 0.3) is 5.91 Å². The van der Waals surface area contributed by atoms with Crippen molar-refractivity contribution in [2.45, 2.75) is 37.5 Å². The molecule has 0 saturated heterocycles. The maximum Gasteiger partial charge on any atom is 0.270 e. The normalized spacial score (nSPS) is 15.5. The van der Waals surface area contributed by atoms with Gasteiger partial charge < -0.3 is 10.1 Å². The average molecular weight is 437 g/mol. The van der Waals surface area contributed by atoms with Crippen molar-refractivity contribution in [3.8, 4) is 5.75 Å². The Morgan fingerprint density at radius 2 is 1.90 bits per heavy atom. The topological polar surface area (TPSA) is 93.1 Å². The summed E-state index contributed by atoms with van der Waals surface area (Å²) in [4.78, 5) is 18.0. The number of fused-ring (bicyclic) bond motifs is 1. The van der Waals surface area contributed by atoms with E-state index in [-0.39, 0.29) is 11.0 Å². The summed E-state index contributed by atoms with van der Waals surface area (Å²) in [6, 6.07) is 9.35. The van der Waals surface area contributed by atoms with Crippen LogP contribution >= 0.6 is 12.2 Å². The number of thiocarbonyl (C=S) groups is 1. The number of benzene rings is 1. The van der Waals surface area contributed by atoms with E-state index in [1.807, 2.05) is 37.4 Å². The standard InChI is InChI=1S/C22H24N6O2S/c1-28-20-18(19(27-28)13-9-10-13)14(11-16(23-20)12-7-8-12)21(29)25-26-22(31)24-15-5-3-4-6-17(15)30-2/h3-6,11-13H,7-10H2,1-2H3,(H,25,29)(H2,24,26,31). The lowest BCUT2D eigenvalue weighted by Crippen LogP contribution is -2.43. The highest BCUT2D eigenvalue weighted by Gasteiger charge is 2.33. The number of pyridine rings is 1. The number of carbonyl (C=O) groups is 1. The minimum Gasteiger partial charge on any atom is -0.495 e. The molecule has 1 aromatic carbocycles. The second-order valence-electron chi connectivity index (χ2n) is 8.08. The smallest absolute Gasteiger partial charge is 0.270 e. The summed E-state index contributed by atoms with van der Waals surface area (Å²) in [7, 11) is 3.49. The van der Waals surface area contributed by atoms with Gasteiger partial charge in [-0.1, -0.05) is 12.1 Å². The number of rotatable bonds is 5. The number of aryl methyl sites for hydroxylation is 1. The molecule has 0 aliphatic heterocycles. The van der Waals surface area contributed by atoms with E-state index in [1.165, 1.54) is 0 Å². The number of anilines is 1. The Bertz CT molecular complexity index is 1180. The second-order valence-corrected chi connectivity index (χ2v) is 8.49. The summed E-state index contributed by atoms with van der Waals surface area (Å²) in [5.41, 5.74) is 9.52. The van der Waals surface area contributed by atoms with Crippen LogP contribution in [0.3, 0.4) is 0 Å². The first-order valence-corrected chi connectivity index (χ1v) is 10.8. The highest BCUT2D eigenvalue weighted by atomic mass is 32.1. The van der Waals surface area contributed by atoms with Crippen molar-refractivity contribution >= 4 is 40.0 Å². The van der Waals surface area contributed by atoms with Crippen molar-refractivity contribution in [1.29, 1.82) is 0 Å². The number of nitrogens with one attached hydrogen (secondary N) is 3. The molecule has 0 bridgehead atoms. The van der Waals surface area contributed by atoms with Crippen molar-refractivity contribution in [3.05, 3.63) is 47.3 Å². The fourth-order valence-electron chi connectivity index (χ4n) is 3.79. The van der Waals surface area contributed by atoms with Crippen LogP contribution in [0.15, 0.2) is 30.3 Å². The van der Waals surface area contributed by atoms with Gasteiger partial charge in [-0.05, 0) is 56.1 Å². The lowest BCUT2D eigenvalue weighted by Gasteiger charge is -2.14. The molecule has 3 N–H and O–H groups in total. The van der Waals surface area contributed by atoms with Crippen LogP contribution in [-0.4, -0.2) is 32.9 Å². The van der Waals surface area contributed by atoms with E-state index in [0.717, 1.165) is 48.1 Å². The van der Waals surface area contributed by atoms with Gasteiger partial charge in [0.05, 0.1) is 29.4 Å². The number of hydrazine groups is 1. The van der Waals surface area contributed by atoms with E-state index < -0.39 is 0 Å². The molecule has 2 heterocycles. The Labute approximate surface area is 185 Å². The Hall–Kier alpha value is -3.20. The largest absolute Gasteiger partial charge is 0.495 e. The van der Waals surface area contributed by atoms with Gasteiger partial charge in [-0.2, -0.15) is 5.10 Å². The molecule has 9 heteroatoms. The maximum absolute atomic E-state index is 13.2. The third kappa shape index (κ3) is 3.93. The molecule has 2 fully saturated rings. The summed E-state index contributed by atoms with van der Waals surface area (Å²) in [5, 5.41) is 8.84. The zero-order valence-corrected chi connectivity index (χ0v) is 18.3. The molecule has 0 unspecified atom stereocenters. The predicted molar refractivity (Wildman–Crippen MR) is 122 cm³/mol. The quantitative estimate of drug-likeness (QED) is 0.417. The number of amides is 1. The molecule has 2 aliphatic rings. The maximum atomic E-state index is 13.2. The Morgan fingerprint density at radius 3 is 2.61 bits per heavy atom. The van der Waals surface area contributed by atoms with Crippen LogP contribution in [0.5, 0.6) is 5.75 Å². The number of para-hydroxylation sites is 2. The Balaban J connectivity index is 1.38. The van der Waals surface area contributed by atoms with Gasteiger partial charge in [-0.15, -0.1) is 0 Å². The zero-order chi connectivity index (χ0) is 21.5. The molecule has 8 nitrogen and oxygen atoms in total. The van der Waals surface area contributed by atoms with Crippen LogP contribution in [0.25, 0.3) is 11.0 Å². The zero-order valence-electron chi connectivity index (χ0n) is 17.4. The van der Waals surface area contributed by atoms with Gasteiger partial charge in [0.2, 0.25) is 0 Å². The van der Waals surface area contributed by atoms with Gasteiger partial charge in [0.15, 0.2) is 10.8 Å². The highest BCUT2D eigenvalue weighted by molar-refractivity contribution is 7.80. The number of nitrogens with zero attached hydrogens (tertiary/aromatic N) is 3. The number of hydrogen-bond acceptors (Lipinski definition) is 5. The van der Waals surface area contributed by atoms with Crippen molar-refractivity contribution < 1.29 is 9.53 Å². The van der Waals surface area contributed by atoms with E-state index >= 15 is 0 Å². The first-order valence-electron chi connectivity index (χ1n) is 10.4. The van der Waals surface area contributed by atoms with Crippen LogP contribution in [-0.2, 0) is 7.05 Å². The number of aromatic nitrogens is 3. The van der Waals surface area contributed by atoms with Crippen molar-refractivity contribution in [1.82, 2.24) is 25.6 Å². The van der Waals surface area contributed by atoms with Crippen molar-refractivity contribution in [2.24, 2.45) is 7.05 Å². The molecule has 160 valence electrons. The summed E-state index contributed by atoms with van der Waals surface area (Å²) in [5.74, 6) is 1.24. The molecule has 1 amide bonds. The third-order valence-electron chi connectivity index (χ3n) is 5.69. The minimum atomic E-state index is -0.256. The Morgan fingerprint density at radius 1 is 1.16 bits per heavy atom. The molecule has 31 heavy (non-hydrogen) atoms. The van der Waals surface area contributed by atoms with Gasteiger partial charge in [-0.3, -0.25) is 20.3 Å². The van der Waals surface area contributed by atoms with Crippen LogP contribution in [0.2, 0.25) is 0 Å². The molecular formula is C22H24N6O2S. The van der Waals surface area contributed by atoms with Crippen LogP contribution in [0.4, 0.5) is 5.69 Å². The minimum absolute atomic E-state index is 0.256. The third-order valence-corrected chi connectivity index (χ3v) is 5.89. The molecular weight excluding hydrogens is 412 g/mol. The molecule has 2 aliphatic carbocycles. The molecule has 5 rings (SSSR count). The lowest BCUT2D eigenvalue weighted by molar-refractivity contribution is 0.0945.